The molecule has 4 amide bonds. The lowest BCUT2D eigenvalue weighted by molar-refractivity contribution is -0.212. The number of hydrogen-bond acceptors (Lipinski definition) is 5. The van der Waals surface area contributed by atoms with Crippen LogP contribution in [0.1, 0.15) is 46.1 Å². The average Bonchev–Trinajstić information content (AvgIpc) is 2.79. The SMILES string of the molecule is CC(C)[C@H](C)C(=O)N[C@@H](Cc1ccccc1)C(=O)N[C@@H](C)C(=O)NC(CCC(N)=O)C(O)C(F)(F)F. The Balaban J connectivity index is 2.97. The molecule has 12 heteroatoms. The normalized spacial score (nSPS) is 15.8. The van der Waals surface area contributed by atoms with Gasteiger partial charge >= 0.3 is 6.18 Å². The maximum absolute atomic E-state index is 13.0. The second kappa shape index (κ2) is 13.8. The van der Waals surface area contributed by atoms with E-state index in [0.29, 0.717) is 0 Å². The van der Waals surface area contributed by atoms with Crippen LogP contribution in [0.4, 0.5) is 13.2 Å². The largest absolute Gasteiger partial charge is 0.416 e. The zero-order valence-electron chi connectivity index (χ0n) is 20.8. The van der Waals surface area contributed by atoms with Gasteiger partial charge in [-0.05, 0) is 24.8 Å². The summed E-state index contributed by atoms with van der Waals surface area (Å²) in [4.78, 5) is 49.2. The fraction of sp³-hybridized carbons (Fsp3) is 0.583. The first-order chi connectivity index (χ1) is 16.6. The van der Waals surface area contributed by atoms with Gasteiger partial charge in [0, 0.05) is 18.8 Å². The lowest BCUT2D eigenvalue weighted by Gasteiger charge is -2.28. The van der Waals surface area contributed by atoms with Crippen LogP contribution in [0, 0.1) is 11.8 Å². The van der Waals surface area contributed by atoms with Crippen molar-refractivity contribution in [2.45, 2.75) is 77.4 Å². The highest BCUT2D eigenvalue weighted by atomic mass is 19.4. The third kappa shape index (κ3) is 10.2. The monoisotopic (exact) mass is 516 g/mol. The number of rotatable bonds is 13. The summed E-state index contributed by atoms with van der Waals surface area (Å²) in [5.74, 6) is -3.38. The number of nitrogens with one attached hydrogen (secondary N) is 3. The van der Waals surface area contributed by atoms with E-state index in [1.165, 1.54) is 6.92 Å². The predicted octanol–water partition coefficient (Wildman–Crippen LogP) is 1.18. The van der Waals surface area contributed by atoms with Crippen molar-refractivity contribution >= 4 is 23.6 Å². The number of hydrogen-bond donors (Lipinski definition) is 5. The number of nitrogens with two attached hydrogens (primary N) is 1. The number of halogens is 3. The molecule has 1 aromatic carbocycles. The quantitative estimate of drug-likeness (QED) is 0.267. The summed E-state index contributed by atoms with van der Waals surface area (Å²) in [5.41, 5.74) is 5.72. The number of aliphatic hydroxyl groups excluding tert-OH is 1. The molecular formula is C24H35F3N4O5. The summed E-state index contributed by atoms with van der Waals surface area (Å²) >= 11 is 0. The van der Waals surface area contributed by atoms with Crippen LogP contribution in [0.5, 0.6) is 0 Å². The minimum Gasteiger partial charge on any atom is -0.382 e. The fourth-order valence-electron chi connectivity index (χ4n) is 3.19. The molecule has 36 heavy (non-hydrogen) atoms. The van der Waals surface area contributed by atoms with E-state index in [4.69, 9.17) is 5.73 Å². The molecule has 0 fully saturated rings. The van der Waals surface area contributed by atoms with Crippen molar-refractivity contribution in [1.82, 2.24) is 16.0 Å². The van der Waals surface area contributed by atoms with Gasteiger partial charge in [-0.1, -0.05) is 51.1 Å². The van der Waals surface area contributed by atoms with E-state index in [1.807, 2.05) is 19.2 Å². The molecule has 9 nitrogen and oxygen atoms in total. The number of amides is 4. The molecule has 1 aromatic rings. The summed E-state index contributed by atoms with van der Waals surface area (Å²) in [6.45, 7) is 6.67. The topological polar surface area (TPSA) is 151 Å². The Bertz CT molecular complexity index is 895. The number of primary amides is 1. The summed E-state index contributed by atoms with van der Waals surface area (Å²) in [5, 5.41) is 16.7. The molecule has 5 atom stereocenters. The number of carbonyl (C=O) groups excluding carboxylic acids is 4. The second-order valence-electron chi connectivity index (χ2n) is 9.12. The fourth-order valence-corrected chi connectivity index (χ4v) is 3.19. The van der Waals surface area contributed by atoms with E-state index in [2.05, 4.69) is 10.6 Å². The van der Waals surface area contributed by atoms with Gasteiger partial charge in [-0.15, -0.1) is 0 Å². The highest BCUT2D eigenvalue weighted by Gasteiger charge is 2.44. The first-order valence-corrected chi connectivity index (χ1v) is 11.6. The van der Waals surface area contributed by atoms with Crippen LogP contribution < -0.4 is 21.7 Å². The number of alkyl halides is 3. The van der Waals surface area contributed by atoms with Crippen LogP contribution in [0.25, 0.3) is 0 Å². The van der Waals surface area contributed by atoms with Gasteiger partial charge in [0.05, 0.1) is 6.04 Å². The van der Waals surface area contributed by atoms with Gasteiger partial charge < -0.3 is 26.8 Å². The van der Waals surface area contributed by atoms with Crippen molar-refractivity contribution < 1.29 is 37.5 Å². The molecule has 2 unspecified atom stereocenters. The van der Waals surface area contributed by atoms with E-state index < -0.39 is 66.9 Å². The Morgan fingerprint density at radius 2 is 1.50 bits per heavy atom. The average molecular weight is 517 g/mol. The van der Waals surface area contributed by atoms with E-state index in [1.54, 1.807) is 37.3 Å². The number of carbonyl (C=O) groups is 4. The van der Waals surface area contributed by atoms with Gasteiger partial charge in [-0.2, -0.15) is 13.2 Å². The molecule has 0 bridgehead atoms. The molecule has 1 rings (SSSR count). The molecular weight excluding hydrogens is 481 g/mol. The maximum Gasteiger partial charge on any atom is 0.416 e. The molecule has 0 heterocycles. The highest BCUT2D eigenvalue weighted by Crippen LogP contribution is 2.24. The van der Waals surface area contributed by atoms with Crippen molar-refractivity contribution in [3.05, 3.63) is 35.9 Å². The van der Waals surface area contributed by atoms with Gasteiger partial charge in [0.25, 0.3) is 0 Å². The Labute approximate surface area is 208 Å². The van der Waals surface area contributed by atoms with Crippen LogP contribution in [0.15, 0.2) is 30.3 Å². The van der Waals surface area contributed by atoms with Gasteiger partial charge in [-0.3, -0.25) is 19.2 Å². The number of benzene rings is 1. The summed E-state index contributed by atoms with van der Waals surface area (Å²) < 4.78 is 39.0. The van der Waals surface area contributed by atoms with E-state index >= 15 is 0 Å². The smallest absolute Gasteiger partial charge is 0.382 e. The molecule has 0 aliphatic heterocycles. The summed E-state index contributed by atoms with van der Waals surface area (Å²) in [6, 6.07) is 4.61. The van der Waals surface area contributed by atoms with Crippen LogP contribution in [-0.4, -0.2) is 59.1 Å². The molecule has 0 radical (unpaired) electrons. The molecule has 202 valence electrons. The summed E-state index contributed by atoms with van der Waals surface area (Å²) in [6.07, 6.45) is -8.93. The Hall–Kier alpha value is -3.15. The van der Waals surface area contributed by atoms with Crippen molar-refractivity contribution in [3.63, 3.8) is 0 Å². The Kier molecular flexibility index (Phi) is 11.8. The van der Waals surface area contributed by atoms with Gasteiger partial charge in [0.1, 0.15) is 12.1 Å². The first-order valence-electron chi connectivity index (χ1n) is 11.6. The second-order valence-corrected chi connectivity index (χ2v) is 9.12. The van der Waals surface area contributed by atoms with Crippen molar-refractivity contribution in [2.24, 2.45) is 17.6 Å². The Morgan fingerprint density at radius 3 is 2.00 bits per heavy atom. The van der Waals surface area contributed by atoms with Gasteiger partial charge in [0.15, 0.2) is 6.10 Å². The lowest BCUT2D eigenvalue weighted by Crippen LogP contribution is -2.57. The van der Waals surface area contributed by atoms with Crippen molar-refractivity contribution in [2.75, 3.05) is 0 Å². The highest BCUT2D eigenvalue weighted by molar-refractivity contribution is 5.92. The zero-order valence-corrected chi connectivity index (χ0v) is 20.8. The minimum atomic E-state index is -5.06. The molecule has 0 aliphatic rings. The van der Waals surface area contributed by atoms with Crippen LogP contribution in [0.2, 0.25) is 0 Å². The molecule has 0 aromatic heterocycles. The van der Waals surface area contributed by atoms with Crippen molar-refractivity contribution in [1.29, 1.82) is 0 Å². The van der Waals surface area contributed by atoms with E-state index in [9.17, 15) is 37.5 Å². The van der Waals surface area contributed by atoms with Gasteiger partial charge in [-0.25, -0.2) is 0 Å². The molecule has 0 saturated carbocycles. The molecule has 0 aliphatic carbocycles. The Morgan fingerprint density at radius 1 is 0.917 bits per heavy atom. The van der Waals surface area contributed by atoms with Crippen LogP contribution >= 0.6 is 0 Å². The standard InChI is InChI=1S/C24H35F3N4O5/c1-13(2)14(3)21(34)31-18(12-16-8-6-5-7-9-16)23(36)29-15(4)22(35)30-17(10-11-19(28)32)20(33)24(25,26)27/h5-9,13-15,17-18,20,33H,10-12H2,1-4H3,(H2,28,32)(H,29,36)(H,30,35)(H,31,34)/t14-,15-,17?,18-,20?/m0/s1. The zero-order chi connectivity index (χ0) is 27.6. The predicted molar refractivity (Wildman–Crippen MR) is 126 cm³/mol. The first kappa shape index (κ1) is 30.9. The van der Waals surface area contributed by atoms with E-state index in [-0.39, 0.29) is 18.2 Å². The third-order valence-corrected chi connectivity index (χ3v) is 5.83. The van der Waals surface area contributed by atoms with Crippen LogP contribution in [-0.2, 0) is 25.6 Å². The van der Waals surface area contributed by atoms with Crippen molar-refractivity contribution in [3.8, 4) is 0 Å². The maximum atomic E-state index is 13.0. The minimum absolute atomic E-state index is 0.00698. The van der Waals surface area contributed by atoms with Crippen LogP contribution in [0.3, 0.4) is 0 Å². The third-order valence-electron chi connectivity index (χ3n) is 5.83. The molecule has 0 saturated heterocycles. The number of aliphatic hydroxyl groups is 1. The van der Waals surface area contributed by atoms with E-state index in [0.717, 1.165) is 5.56 Å². The summed E-state index contributed by atoms with van der Waals surface area (Å²) in [7, 11) is 0. The molecule has 0 spiro atoms. The molecule has 6 N–H and O–H groups in total. The lowest BCUT2D eigenvalue weighted by atomic mass is 9.96. The van der Waals surface area contributed by atoms with Gasteiger partial charge in [0.2, 0.25) is 23.6 Å².